The Morgan fingerprint density at radius 1 is 1.13 bits per heavy atom. The second-order valence-electron chi connectivity index (χ2n) is 5.77. The first-order valence-electron chi connectivity index (χ1n) is 7.48. The molecule has 1 aromatic carbocycles. The SMILES string of the molecule is Cc1cccc(NC(=O)Cn2ccc3c(=O)n(C)ccc32)c1C. The van der Waals surface area contributed by atoms with E-state index in [1.165, 1.54) is 4.57 Å². The number of hydrogen-bond acceptors (Lipinski definition) is 2. The van der Waals surface area contributed by atoms with Crippen molar-refractivity contribution in [2.45, 2.75) is 20.4 Å². The average molecular weight is 309 g/mol. The summed E-state index contributed by atoms with van der Waals surface area (Å²) in [7, 11) is 1.71. The normalized spacial score (nSPS) is 10.9. The van der Waals surface area contributed by atoms with Crippen molar-refractivity contribution in [2.75, 3.05) is 5.32 Å². The Morgan fingerprint density at radius 3 is 2.70 bits per heavy atom. The second kappa shape index (κ2) is 5.76. The number of amides is 1. The lowest BCUT2D eigenvalue weighted by Crippen LogP contribution is -2.20. The van der Waals surface area contributed by atoms with Gasteiger partial charge < -0.3 is 14.5 Å². The van der Waals surface area contributed by atoms with Gasteiger partial charge in [-0.1, -0.05) is 12.1 Å². The quantitative estimate of drug-likeness (QED) is 0.808. The van der Waals surface area contributed by atoms with Crippen LogP contribution in [0.1, 0.15) is 11.1 Å². The summed E-state index contributed by atoms with van der Waals surface area (Å²) in [4.78, 5) is 24.4. The van der Waals surface area contributed by atoms with Crippen LogP contribution in [0.3, 0.4) is 0 Å². The maximum Gasteiger partial charge on any atom is 0.259 e. The van der Waals surface area contributed by atoms with E-state index in [2.05, 4.69) is 5.32 Å². The molecule has 5 heteroatoms. The topological polar surface area (TPSA) is 56.0 Å². The highest BCUT2D eigenvalue weighted by atomic mass is 16.2. The fourth-order valence-corrected chi connectivity index (χ4v) is 2.66. The molecule has 0 atom stereocenters. The van der Waals surface area contributed by atoms with Crippen molar-refractivity contribution in [3.63, 3.8) is 0 Å². The van der Waals surface area contributed by atoms with Crippen molar-refractivity contribution in [1.29, 1.82) is 0 Å². The Morgan fingerprint density at radius 2 is 1.91 bits per heavy atom. The summed E-state index contributed by atoms with van der Waals surface area (Å²) in [6, 6.07) is 9.43. The zero-order valence-electron chi connectivity index (χ0n) is 13.5. The van der Waals surface area contributed by atoms with Crippen LogP contribution in [0.15, 0.2) is 47.5 Å². The van der Waals surface area contributed by atoms with Gasteiger partial charge in [-0.05, 0) is 43.2 Å². The second-order valence-corrected chi connectivity index (χ2v) is 5.77. The van der Waals surface area contributed by atoms with Crippen LogP contribution < -0.4 is 10.9 Å². The van der Waals surface area contributed by atoms with Crippen LogP contribution in [-0.4, -0.2) is 15.0 Å². The van der Waals surface area contributed by atoms with Crippen molar-refractivity contribution in [2.24, 2.45) is 7.05 Å². The molecule has 118 valence electrons. The van der Waals surface area contributed by atoms with Crippen LogP contribution >= 0.6 is 0 Å². The van der Waals surface area contributed by atoms with Crippen LogP contribution in [0, 0.1) is 13.8 Å². The number of carbonyl (C=O) groups is 1. The van der Waals surface area contributed by atoms with Gasteiger partial charge in [-0.25, -0.2) is 0 Å². The molecule has 0 saturated heterocycles. The van der Waals surface area contributed by atoms with Crippen LogP contribution in [0.5, 0.6) is 0 Å². The predicted octanol–water partition coefficient (Wildman–Crippen LogP) is 2.60. The molecule has 0 aliphatic rings. The molecule has 0 fully saturated rings. The molecule has 0 radical (unpaired) electrons. The minimum absolute atomic E-state index is 0.0591. The molecule has 1 N–H and O–H groups in total. The smallest absolute Gasteiger partial charge is 0.259 e. The van der Waals surface area contributed by atoms with Crippen molar-refractivity contribution >= 4 is 22.5 Å². The van der Waals surface area contributed by atoms with E-state index in [0.717, 1.165) is 22.3 Å². The van der Waals surface area contributed by atoms with E-state index in [1.807, 2.05) is 38.1 Å². The van der Waals surface area contributed by atoms with E-state index in [9.17, 15) is 9.59 Å². The van der Waals surface area contributed by atoms with Gasteiger partial charge in [0.1, 0.15) is 6.54 Å². The largest absolute Gasteiger partial charge is 0.338 e. The highest BCUT2D eigenvalue weighted by Gasteiger charge is 2.10. The van der Waals surface area contributed by atoms with Gasteiger partial charge in [0.15, 0.2) is 0 Å². The Labute approximate surface area is 134 Å². The van der Waals surface area contributed by atoms with Gasteiger partial charge in [-0.2, -0.15) is 0 Å². The molecule has 1 amide bonds. The van der Waals surface area contributed by atoms with Crippen molar-refractivity contribution < 1.29 is 4.79 Å². The van der Waals surface area contributed by atoms with Gasteiger partial charge >= 0.3 is 0 Å². The van der Waals surface area contributed by atoms with Crippen LogP contribution in [0.2, 0.25) is 0 Å². The first-order valence-corrected chi connectivity index (χ1v) is 7.48. The van der Waals surface area contributed by atoms with Crippen molar-refractivity contribution in [3.05, 3.63) is 64.2 Å². The van der Waals surface area contributed by atoms with Crippen molar-refractivity contribution in [3.8, 4) is 0 Å². The summed E-state index contributed by atoms with van der Waals surface area (Å²) >= 11 is 0. The number of benzene rings is 1. The van der Waals surface area contributed by atoms with Crippen molar-refractivity contribution in [1.82, 2.24) is 9.13 Å². The van der Waals surface area contributed by atoms with Crippen LogP contribution in [-0.2, 0) is 18.4 Å². The van der Waals surface area contributed by atoms with E-state index in [-0.39, 0.29) is 18.0 Å². The molecule has 23 heavy (non-hydrogen) atoms. The molecule has 3 rings (SSSR count). The zero-order valence-corrected chi connectivity index (χ0v) is 13.5. The molecule has 0 unspecified atom stereocenters. The van der Waals surface area contributed by atoms with Crippen LogP contribution in [0.25, 0.3) is 10.9 Å². The zero-order chi connectivity index (χ0) is 16.6. The van der Waals surface area contributed by atoms with Gasteiger partial charge in [0.25, 0.3) is 5.56 Å². The first-order chi connectivity index (χ1) is 11.0. The third kappa shape index (κ3) is 2.77. The predicted molar refractivity (Wildman–Crippen MR) is 91.7 cm³/mol. The molecule has 2 aromatic heterocycles. The standard InChI is InChI=1S/C18H19N3O2/c1-12-5-4-6-15(13(12)2)19-17(22)11-21-10-7-14-16(21)8-9-20(3)18(14)23/h4-10H,11H2,1-3H3,(H,19,22). The molecule has 0 aliphatic heterocycles. The maximum absolute atomic E-state index is 12.3. The molecular formula is C18H19N3O2. The maximum atomic E-state index is 12.3. The molecular weight excluding hydrogens is 290 g/mol. The Balaban J connectivity index is 1.85. The number of nitrogens with one attached hydrogen (secondary N) is 1. The minimum atomic E-state index is -0.114. The van der Waals surface area contributed by atoms with Gasteiger partial charge in [-0.15, -0.1) is 0 Å². The van der Waals surface area contributed by atoms with E-state index in [1.54, 1.807) is 30.1 Å². The van der Waals surface area contributed by atoms with E-state index in [0.29, 0.717) is 5.39 Å². The number of anilines is 1. The van der Waals surface area contributed by atoms with E-state index >= 15 is 0 Å². The molecule has 2 heterocycles. The molecule has 0 aliphatic carbocycles. The average Bonchev–Trinajstić information content (AvgIpc) is 2.91. The molecule has 0 spiro atoms. The molecule has 5 nitrogen and oxygen atoms in total. The number of carbonyl (C=O) groups excluding carboxylic acids is 1. The number of pyridine rings is 1. The third-order valence-electron chi connectivity index (χ3n) is 4.21. The van der Waals surface area contributed by atoms with E-state index in [4.69, 9.17) is 0 Å². The number of nitrogens with zero attached hydrogens (tertiary/aromatic N) is 2. The Kier molecular flexibility index (Phi) is 3.78. The first kappa shape index (κ1) is 15.1. The Bertz CT molecular complexity index is 951. The fourth-order valence-electron chi connectivity index (χ4n) is 2.66. The lowest BCUT2D eigenvalue weighted by molar-refractivity contribution is -0.116. The molecule has 3 aromatic rings. The Hall–Kier alpha value is -2.82. The number of fused-ring (bicyclic) bond motifs is 1. The number of hydrogen-bond donors (Lipinski definition) is 1. The molecule has 0 bridgehead atoms. The lowest BCUT2D eigenvalue weighted by atomic mass is 10.1. The number of aryl methyl sites for hydroxylation is 2. The van der Waals surface area contributed by atoms with Gasteiger partial charge in [-0.3, -0.25) is 9.59 Å². The monoisotopic (exact) mass is 309 g/mol. The van der Waals surface area contributed by atoms with Gasteiger partial charge in [0.05, 0.1) is 10.9 Å². The highest BCUT2D eigenvalue weighted by molar-refractivity contribution is 5.92. The number of rotatable bonds is 3. The van der Waals surface area contributed by atoms with E-state index < -0.39 is 0 Å². The lowest BCUT2D eigenvalue weighted by Gasteiger charge is -2.11. The highest BCUT2D eigenvalue weighted by Crippen LogP contribution is 2.18. The summed E-state index contributed by atoms with van der Waals surface area (Å²) in [5.74, 6) is -0.114. The van der Waals surface area contributed by atoms with Gasteiger partial charge in [0.2, 0.25) is 5.91 Å². The number of aromatic nitrogens is 2. The summed E-state index contributed by atoms with van der Waals surface area (Å²) < 4.78 is 3.32. The summed E-state index contributed by atoms with van der Waals surface area (Å²) in [5.41, 5.74) is 3.73. The molecule has 0 saturated carbocycles. The summed E-state index contributed by atoms with van der Waals surface area (Å²) in [5, 5.41) is 3.56. The summed E-state index contributed by atoms with van der Waals surface area (Å²) in [6.45, 7) is 4.17. The summed E-state index contributed by atoms with van der Waals surface area (Å²) in [6.07, 6.45) is 3.48. The van der Waals surface area contributed by atoms with Crippen LogP contribution in [0.4, 0.5) is 5.69 Å². The fraction of sp³-hybridized carbons (Fsp3) is 0.222. The van der Waals surface area contributed by atoms with Gasteiger partial charge in [0, 0.05) is 25.1 Å². The minimum Gasteiger partial charge on any atom is -0.338 e. The third-order valence-corrected chi connectivity index (χ3v) is 4.21.